The van der Waals surface area contributed by atoms with Gasteiger partial charge in [-0.3, -0.25) is 0 Å². The van der Waals surface area contributed by atoms with E-state index in [0.717, 1.165) is 16.5 Å². The first-order valence-electron chi connectivity index (χ1n) is 5.67. The number of hydrogen-bond donors (Lipinski definition) is 1. The molecule has 2 N–H and O–H groups in total. The van der Waals surface area contributed by atoms with Gasteiger partial charge in [0, 0.05) is 29.0 Å². The molecule has 19 heavy (non-hydrogen) atoms. The topological polar surface area (TPSA) is 63.4 Å². The SMILES string of the molecule is Cl.N[C@@H]1CCN(S(=O)(=O)/C=C/c2ccc(Br)cc2)C1. The summed E-state index contributed by atoms with van der Waals surface area (Å²) in [5.74, 6) is 0. The highest BCUT2D eigenvalue weighted by atomic mass is 79.9. The number of benzene rings is 1. The van der Waals surface area contributed by atoms with Crippen LogP contribution in [-0.2, 0) is 10.0 Å². The van der Waals surface area contributed by atoms with Crippen LogP contribution < -0.4 is 5.73 Å². The van der Waals surface area contributed by atoms with Crippen molar-refractivity contribution in [2.24, 2.45) is 5.73 Å². The van der Waals surface area contributed by atoms with Crippen molar-refractivity contribution in [3.05, 3.63) is 39.7 Å². The van der Waals surface area contributed by atoms with E-state index in [-0.39, 0.29) is 18.4 Å². The maximum Gasteiger partial charge on any atom is 0.236 e. The van der Waals surface area contributed by atoms with Crippen molar-refractivity contribution in [2.45, 2.75) is 12.5 Å². The lowest BCUT2D eigenvalue weighted by Crippen LogP contribution is -2.30. The molecule has 1 heterocycles. The fourth-order valence-corrected chi connectivity index (χ4v) is 3.33. The highest BCUT2D eigenvalue weighted by Gasteiger charge is 2.27. The van der Waals surface area contributed by atoms with Crippen molar-refractivity contribution in [1.29, 1.82) is 0 Å². The van der Waals surface area contributed by atoms with Crippen LogP contribution in [0, 0.1) is 0 Å². The second-order valence-electron chi connectivity index (χ2n) is 4.31. The monoisotopic (exact) mass is 366 g/mol. The average molecular weight is 368 g/mol. The Bertz CT molecular complexity index is 545. The Balaban J connectivity index is 0.00000180. The number of nitrogens with two attached hydrogens (primary N) is 1. The second kappa shape index (κ2) is 6.85. The van der Waals surface area contributed by atoms with Crippen molar-refractivity contribution in [2.75, 3.05) is 13.1 Å². The van der Waals surface area contributed by atoms with Crippen LogP contribution in [0.4, 0.5) is 0 Å². The molecule has 1 fully saturated rings. The maximum absolute atomic E-state index is 12.0. The van der Waals surface area contributed by atoms with E-state index in [9.17, 15) is 8.42 Å². The van der Waals surface area contributed by atoms with Crippen LogP contribution in [0.5, 0.6) is 0 Å². The first-order chi connectivity index (χ1) is 8.47. The summed E-state index contributed by atoms with van der Waals surface area (Å²) in [6.45, 7) is 0.918. The van der Waals surface area contributed by atoms with Crippen LogP contribution in [0.2, 0.25) is 0 Å². The fourth-order valence-electron chi connectivity index (χ4n) is 1.81. The molecule has 106 valence electrons. The van der Waals surface area contributed by atoms with Crippen LogP contribution in [0.1, 0.15) is 12.0 Å². The summed E-state index contributed by atoms with van der Waals surface area (Å²) >= 11 is 3.33. The predicted octanol–water partition coefficient (Wildman–Crippen LogP) is 2.20. The van der Waals surface area contributed by atoms with Gasteiger partial charge >= 0.3 is 0 Å². The van der Waals surface area contributed by atoms with E-state index >= 15 is 0 Å². The lowest BCUT2D eigenvalue weighted by atomic mass is 10.2. The number of halogens is 2. The molecular formula is C12H16BrClN2O2S. The van der Waals surface area contributed by atoms with E-state index in [0.29, 0.717) is 13.1 Å². The van der Waals surface area contributed by atoms with Gasteiger partial charge in [0.2, 0.25) is 10.0 Å². The molecule has 0 saturated carbocycles. The van der Waals surface area contributed by atoms with Gasteiger partial charge in [0.05, 0.1) is 0 Å². The molecule has 0 aliphatic carbocycles. The normalized spacial score (nSPS) is 20.6. The first kappa shape index (κ1) is 16.7. The summed E-state index contributed by atoms with van der Waals surface area (Å²) in [6, 6.07) is 7.41. The minimum atomic E-state index is -3.34. The van der Waals surface area contributed by atoms with Crippen LogP contribution in [0.3, 0.4) is 0 Å². The quantitative estimate of drug-likeness (QED) is 0.891. The summed E-state index contributed by atoms with van der Waals surface area (Å²) < 4.78 is 26.4. The Kier molecular flexibility index (Phi) is 6.01. The lowest BCUT2D eigenvalue weighted by molar-refractivity contribution is 0.481. The first-order valence-corrected chi connectivity index (χ1v) is 7.96. The molecule has 0 unspecified atom stereocenters. The van der Waals surface area contributed by atoms with Crippen LogP contribution >= 0.6 is 28.3 Å². The molecule has 0 aromatic heterocycles. The van der Waals surface area contributed by atoms with Crippen molar-refractivity contribution >= 4 is 44.4 Å². The number of nitrogens with zero attached hydrogens (tertiary/aromatic N) is 1. The smallest absolute Gasteiger partial charge is 0.236 e. The number of sulfonamides is 1. The fraction of sp³-hybridized carbons (Fsp3) is 0.333. The molecule has 0 bridgehead atoms. The molecule has 0 radical (unpaired) electrons. The highest BCUT2D eigenvalue weighted by molar-refractivity contribution is 9.10. The van der Waals surface area contributed by atoms with E-state index < -0.39 is 10.0 Å². The molecule has 1 aromatic rings. The van der Waals surface area contributed by atoms with E-state index in [1.807, 2.05) is 24.3 Å². The summed E-state index contributed by atoms with van der Waals surface area (Å²) in [7, 11) is -3.34. The zero-order valence-electron chi connectivity index (χ0n) is 10.2. The van der Waals surface area contributed by atoms with E-state index in [4.69, 9.17) is 5.73 Å². The van der Waals surface area contributed by atoms with Gasteiger partial charge in [-0.15, -0.1) is 12.4 Å². The molecule has 1 aliphatic rings. The molecule has 1 aromatic carbocycles. The molecule has 1 aliphatic heterocycles. The number of rotatable bonds is 3. The standard InChI is InChI=1S/C12H15BrN2O2S.ClH/c13-11-3-1-10(2-4-11)6-8-18(16,17)15-7-5-12(14)9-15;/h1-4,6,8,12H,5,7,9,14H2;1H/b8-6+;/t12-;/m1./s1. The summed E-state index contributed by atoms with van der Waals surface area (Å²) in [4.78, 5) is 0. The zero-order chi connectivity index (χ0) is 13.2. The van der Waals surface area contributed by atoms with Gasteiger partial charge in [-0.2, -0.15) is 4.31 Å². The summed E-state index contributed by atoms with van der Waals surface area (Å²) in [5, 5.41) is 1.24. The van der Waals surface area contributed by atoms with Crippen molar-refractivity contribution in [3.8, 4) is 0 Å². The molecule has 2 rings (SSSR count). The largest absolute Gasteiger partial charge is 0.326 e. The zero-order valence-corrected chi connectivity index (χ0v) is 13.4. The van der Waals surface area contributed by atoms with Gasteiger partial charge in [-0.25, -0.2) is 8.42 Å². The minimum absolute atomic E-state index is 0. The van der Waals surface area contributed by atoms with Crippen LogP contribution in [-0.4, -0.2) is 31.9 Å². The third kappa shape index (κ3) is 4.57. The maximum atomic E-state index is 12.0. The van der Waals surface area contributed by atoms with E-state index in [1.165, 1.54) is 9.71 Å². The third-order valence-corrected chi connectivity index (χ3v) is 4.91. The third-order valence-electron chi connectivity index (χ3n) is 2.85. The molecule has 1 atom stereocenters. The Labute approximate surface area is 128 Å². The van der Waals surface area contributed by atoms with Gasteiger partial charge in [-0.1, -0.05) is 28.1 Å². The number of hydrogen-bond acceptors (Lipinski definition) is 3. The van der Waals surface area contributed by atoms with Gasteiger partial charge < -0.3 is 5.73 Å². The lowest BCUT2D eigenvalue weighted by Gasteiger charge is -2.12. The van der Waals surface area contributed by atoms with Gasteiger partial charge in [0.15, 0.2) is 0 Å². The Morgan fingerprint density at radius 3 is 2.47 bits per heavy atom. The van der Waals surface area contributed by atoms with Crippen molar-refractivity contribution in [1.82, 2.24) is 4.31 Å². The van der Waals surface area contributed by atoms with Gasteiger partial charge in [0.25, 0.3) is 0 Å². The molecule has 0 amide bonds. The van der Waals surface area contributed by atoms with Gasteiger partial charge in [0.1, 0.15) is 0 Å². The second-order valence-corrected chi connectivity index (χ2v) is 7.04. The Morgan fingerprint density at radius 2 is 1.95 bits per heavy atom. The van der Waals surface area contributed by atoms with Gasteiger partial charge in [-0.05, 0) is 30.2 Å². The molecule has 4 nitrogen and oxygen atoms in total. The molecule has 0 spiro atoms. The Hall–Kier alpha value is -0.400. The average Bonchev–Trinajstić information content (AvgIpc) is 2.76. The minimum Gasteiger partial charge on any atom is -0.326 e. The molecule has 1 saturated heterocycles. The van der Waals surface area contributed by atoms with E-state index in [2.05, 4.69) is 15.9 Å². The van der Waals surface area contributed by atoms with Crippen LogP contribution in [0.15, 0.2) is 34.1 Å². The van der Waals surface area contributed by atoms with Crippen LogP contribution in [0.25, 0.3) is 6.08 Å². The van der Waals surface area contributed by atoms with Crippen molar-refractivity contribution < 1.29 is 8.42 Å². The summed E-state index contributed by atoms with van der Waals surface area (Å²) in [6.07, 6.45) is 2.33. The van der Waals surface area contributed by atoms with Crippen molar-refractivity contribution in [3.63, 3.8) is 0 Å². The molecule has 7 heteroatoms. The molecular weight excluding hydrogens is 352 g/mol. The Morgan fingerprint density at radius 1 is 1.32 bits per heavy atom. The summed E-state index contributed by atoms with van der Waals surface area (Å²) in [5.41, 5.74) is 6.56. The highest BCUT2D eigenvalue weighted by Crippen LogP contribution is 2.16. The predicted molar refractivity (Wildman–Crippen MR) is 83.5 cm³/mol. The van der Waals surface area contributed by atoms with E-state index in [1.54, 1.807) is 6.08 Å².